The fourth-order valence-corrected chi connectivity index (χ4v) is 3.97. The summed E-state index contributed by atoms with van der Waals surface area (Å²) in [6, 6.07) is 4.77. The molecule has 0 saturated heterocycles. The van der Waals surface area contributed by atoms with E-state index >= 15 is 0 Å². The molecule has 21 heavy (non-hydrogen) atoms. The third-order valence-corrected chi connectivity index (χ3v) is 5.31. The summed E-state index contributed by atoms with van der Waals surface area (Å²) < 4.78 is 38.0. The van der Waals surface area contributed by atoms with Crippen LogP contribution in [0.4, 0.5) is 0 Å². The Labute approximate surface area is 125 Å². The largest absolute Gasteiger partial charge is 0.497 e. The zero-order valence-corrected chi connectivity index (χ0v) is 13.2. The van der Waals surface area contributed by atoms with Crippen LogP contribution in [0.2, 0.25) is 0 Å². The lowest BCUT2D eigenvalue weighted by atomic mass is 9.93. The highest BCUT2D eigenvalue weighted by molar-refractivity contribution is 7.89. The van der Waals surface area contributed by atoms with Gasteiger partial charge in [-0.05, 0) is 37.8 Å². The molecule has 118 valence electrons. The minimum Gasteiger partial charge on any atom is -0.497 e. The van der Waals surface area contributed by atoms with E-state index in [1.807, 2.05) is 0 Å². The predicted octanol–water partition coefficient (Wildman–Crippen LogP) is 1.25. The van der Waals surface area contributed by atoms with Gasteiger partial charge in [0.05, 0.1) is 14.2 Å². The van der Waals surface area contributed by atoms with E-state index in [1.54, 1.807) is 12.1 Å². The Hall–Kier alpha value is -1.31. The lowest BCUT2D eigenvalue weighted by Crippen LogP contribution is -2.40. The summed E-state index contributed by atoms with van der Waals surface area (Å²) in [4.78, 5) is 0.126. The summed E-state index contributed by atoms with van der Waals surface area (Å²) in [5, 5.41) is 0. The Kier molecular flexibility index (Phi) is 5.08. The smallest absolute Gasteiger partial charge is 0.244 e. The van der Waals surface area contributed by atoms with Gasteiger partial charge >= 0.3 is 0 Å². The molecule has 0 aromatic heterocycles. The number of nitrogens with two attached hydrogens (primary N) is 1. The zero-order valence-electron chi connectivity index (χ0n) is 12.3. The van der Waals surface area contributed by atoms with Gasteiger partial charge in [0.15, 0.2) is 0 Å². The first-order chi connectivity index (χ1) is 9.96. The van der Waals surface area contributed by atoms with Crippen molar-refractivity contribution in [2.45, 2.75) is 42.7 Å². The number of hydrogen-bond donors (Lipinski definition) is 2. The van der Waals surface area contributed by atoms with Crippen molar-refractivity contribution in [2.75, 3.05) is 14.2 Å². The lowest BCUT2D eigenvalue weighted by Gasteiger charge is -2.26. The quantitative estimate of drug-likeness (QED) is 0.853. The highest BCUT2D eigenvalue weighted by Crippen LogP contribution is 2.29. The molecule has 2 rings (SSSR count). The van der Waals surface area contributed by atoms with Crippen molar-refractivity contribution in [2.24, 2.45) is 5.73 Å². The molecule has 0 heterocycles. The van der Waals surface area contributed by atoms with Gasteiger partial charge < -0.3 is 15.2 Å². The number of methoxy groups -OCH3 is 2. The predicted molar refractivity (Wildman–Crippen MR) is 80.1 cm³/mol. The van der Waals surface area contributed by atoms with Crippen LogP contribution in [0.15, 0.2) is 23.1 Å². The minimum atomic E-state index is -3.62. The Bertz CT molecular complexity index is 581. The number of nitrogens with one attached hydrogen (secondary N) is 1. The first-order valence-corrected chi connectivity index (χ1v) is 8.44. The van der Waals surface area contributed by atoms with Crippen molar-refractivity contribution < 1.29 is 17.9 Å². The average Bonchev–Trinajstić information content (AvgIpc) is 2.48. The van der Waals surface area contributed by atoms with E-state index in [-0.39, 0.29) is 22.7 Å². The minimum absolute atomic E-state index is 0.0680. The molecule has 0 atom stereocenters. The van der Waals surface area contributed by atoms with Gasteiger partial charge in [0.2, 0.25) is 10.0 Å². The van der Waals surface area contributed by atoms with Crippen molar-refractivity contribution in [3.05, 3.63) is 18.2 Å². The van der Waals surface area contributed by atoms with Gasteiger partial charge in [0, 0.05) is 18.2 Å². The van der Waals surface area contributed by atoms with Gasteiger partial charge in [0.25, 0.3) is 0 Å². The fourth-order valence-electron chi connectivity index (χ4n) is 2.52. The molecule has 6 nitrogen and oxygen atoms in total. The zero-order chi connectivity index (χ0) is 15.5. The van der Waals surface area contributed by atoms with Crippen LogP contribution in [0.25, 0.3) is 0 Å². The highest BCUT2D eigenvalue weighted by atomic mass is 32.2. The lowest BCUT2D eigenvalue weighted by molar-refractivity contribution is 0.370. The summed E-state index contributed by atoms with van der Waals surface area (Å²) in [6.45, 7) is 0. The normalized spacial score (nSPS) is 22.8. The van der Waals surface area contributed by atoms with E-state index in [1.165, 1.54) is 20.3 Å². The Morgan fingerprint density at radius 3 is 2.38 bits per heavy atom. The molecule has 1 aromatic rings. The number of hydrogen-bond acceptors (Lipinski definition) is 5. The molecular formula is C14H22N2O4S. The van der Waals surface area contributed by atoms with Crippen LogP contribution in [0.1, 0.15) is 25.7 Å². The number of ether oxygens (including phenoxy) is 2. The Morgan fingerprint density at radius 1 is 1.14 bits per heavy atom. The second kappa shape index (κ2) is 6.64. The topological polar surface area (TPSA) is 90.7 Å². The van der Waals surface area contributed by atoms with E-state index in [0.29, 0.717) is 5.75 Å². The monoisotopic (exact) mass is 314 g/mol. The standard InChI is InChI=1S/C14H22N2O4S/c1-19-12-7-8-14(13(9-12)20-2)21(17,18)16-11-5-3-10(15)4-6-11/h7-11,16H,3-6,15H2,1-2H3. The van der Waals surface area contributed by atoms with Gasteiger partial charge in [-0.2, -0.15) is 0 Å². The maximum absolute atomic E-state index is 12.5. The molecule has 0 spiro atoms. The molecule has 0 bridgehead atoms. The molecular weight excluding hydrogens is 292 g/mol. The Morgan fingerprint density at radius 2 is 1.81 bits per heavy atom. The first-order valence-electron chi connectivity index (χ1n) is 6.96. The second-order valence-electron chi connectivity index (χ2n) is 5.25. The van der Waals surface area contributed by atoms with Gasteiger partial charge in [-0.15, -0.1) is 0 Å². The summed E-state index contributed by atoms with van der Waals surface area (Å²) in [5.74, 6) is 0.823. The van der Waals surface area contributed by atoms with E-state index in [4.69, 9.17) is 15.2 Å². The third-order valence-electron chi connectivity index (χ3n) is 3.75. The second-order valence-corrected chi connectivity index (χ2v) is 6.93. The van der Waals surface area contributed by atoms with Crippen molar-refractivity contribution in [1.29, 1.82) is 0 Å². The average molecular weight is 314 g/mol. The molecule has 7 heteroatoms. The summed E-state index contributed by atoms with van der Waals surface area (Å²) in [5.41, 5.74) is 5.84. The van der Waals surface area contributed by atoms with Crippen molar-refractivity contribution in [3.8, 4) is 11.5 Å². The van der Waals surface area contributed by atoms with Crippen LogP contribution in [-0.2, 0) is 10.0 Å². The van der Waals surface area contributed by atoms with Crippen LogP contribution >= 0.6 is 0 Å². The number of sulfonamides is 1. The molecule has 0 amide bonds. The van der Waals surface area contributed by atoms with Gasteiger partial charge in [0.1, 0.15) is 16.4 Å². The molecule has 1 aliphatic carbocycles. The van der Waals surface area contributed by atoms with Crippen molar-refractivity contribution in [1.82, 2.24) is 4.72 Å². The maximum atomic E-state index is 12.5. The summed E-state index contributed by atoms with van der Waals surface area (Å²) >= 11 is 0. The number of rotatable bonds is 5. The molecule has 0 radical (unpaired) electrons. The van der Waals surface area contributed by atoms with Crippen molar-refractivity contribution in [3.63, 3.8) is 0 Å². The van der Waals surface area contributed by atoms with Crippen LogP contribution in [0.3, 0.4) is 0 Å². The van der Waals surface area contributed by atoms with E-state index < -0.39 is 10.0 Å². The van der Waals surface area contributed by atoms with Crippen LogP contribution in [0.5, 0.6) is 11.5 Å². The maximum Gasteiger partial charge on any atom is 0.244 e. The van der Waals surface area contributed by atoms with Crippen LogP contribution in [0, 0.1) is 0 Å². The number of benzene rings is 1. The molecule has 0 unspecified atom stereocenters. The Balaban J connectivity index is 2.19. The molecule has 3 N–H and O–H groups in total. The molecule has 0 aliphatic heterocycles. The molecule has 1 saturated carbocycles. The molecule has 1 fully saturated rings. The van der Waals surface area contributed by atoms with E-state index in [2.05, 4.69) is 4.72 Å². The van der Waals surface area contributed by atoms with Gasteiger partial charge in [-0.1, -0.05) is 0 Å². The van der Waals surface area contributed by atoms with E-state index in [0.717, 1.165) is 25.7 Å². The third kappa shape index (κ3) is 3.87. The molecule has 1 aromatic carbocycles. The summed E-state index contributed by atoms with van der Waals surface area (Å²) in [6.07, 6.45) is 3.21. The van der Waals surface area contributed by atoms with Gasteiger partial charge in [-0.3, -0.25) is 0 Å². The first kappa shape index (κ1) is 16.1. The summed E-state index contributed by atoms with van der Waals surface area (Å²) in [7, 11) is -0.658. The van der Waals surface area contributed by atoms with Gasteiger partial charge in [-0.25, -0.2) is 13.1 Å². The fraction of sp³-hybridized carbons (Fsp3) is 0.571. The van der Waals surface area contributed by atoms with Crippen LogP contribution in [-0.4, -0.2) is 34.7 Å². The SMILES string of the molecule is COc1ccc(S(=O)(=O)NC2CCC(N)CC2)c(OC)c1. The molecule has 1 aliphatic rings. The van der Waals surface area contributed by atoms with Crippen LogP contribution < -0.4 is 19.9 Å². The van der Waals surface area contributed by atoms with E-state index in [9.17, 15) is 8.42 Å². The highest BCUT2D eigenvalue weighted by Gasteiger charge is 2.26. The van der Waals surface area contributed by atoms with Crippen molar-refractivity contribution >= 4 is 10.0 Å².